The SMILES string of the molecule is O=c1c(N2CCS(=O)(=O)CC2)c(N(Cc2ccc(-c3nnc(C(F)F)o3)cc2)c2ccccc2)c1=O. The average Bonchev–Trinajstić information content (AvgIpc) is 3.38. The van der Waals surface area contributed by atoms with Gasteiger partial charge in [0.15, 0.2) is 9.84 Å². The maximum Gasteiger partial charge on any atom is 0.314 e. The van der Waals surface area contributed by atoms with Gasteiger partial charge in [0, 0.05) is 30.9 Å². The van der Waals surface area contributed by atoms with Gasteiger partial charge < -0.3 is 14.2 Å². The molecular formula is C24H20F2N4O5S. The fourth-order valence-electron chi connectivity index (χ4n) is 4.13. The van der Waals surface area contributed by atoms with Crippen molar-refractivity contribution in [3.05, 3.63) is 86.5 Å². The van der Waals surface area contributed by atoms with Crippen LogP contribution in [0.3, 0.4) is 0 Å². The Hall–Kier alpha value is -3.93. The summed E-state index contributed by atoms with van der Waals surface area (Å²) in [6, 6.07) is 15.8. The van der Waals surface area contributed by atoms with Gasteiger partial charge in [-0.3, -0.25) is 9.59 Å². The molecule has 12 heteroatoms. The van der Waals surface area contributed by atoms with Crippen molar-refractivity contribution in [2.45, 2.75) is 13.0 Å². The van der Waals surface area contributed by atoms with Crippen molar-refractivity contribution in [2.24, 2.45) is 0 Å². The fraction of sp³-hybridized carbons (Fsp3) is 0.250. The van der Waals surface area contributed by atoms with Crippen molar-refractivity contribution < 1.29 is 21.6 Å². The third kappa shape index (κ3) is 4.51. The van der Waals surface area contributed by atoms with Gasteiger partial charge in [0.1, 0.15) is 11.4 Å². The van der Waals surface area contributed by atoms with E-state index >= 15 is 0 Å². The van der Waals surface area contributed by atoms with E-state index in [-0.39, 0.29) is 48.4 Å². The largest absolute Gasteiger partial charge is 0.415 e. The summed E-state index contributed by atoms with van der Waals surface area (Å²) in [6.07, 6.45) is -2.87. The van der Waals surface area contributed by atoms with Crippen molar-refractivity contribution in [3.8, 4) is 11.5 Å². The van der Waals surface area contributed by atoms with Crippen molar-refractivity contribution in [1.82, 2.24) is 10.2 Å². The summed E-state index contributed by atoms with van der Waals surface area (Å²) < 4.78 is 54.2. The summed E-state index contributed by atoms with van der Waals surface area (Å²) in [5.74, 6) is -0.966. The highest BCUT2D eigenvalue weighted by atomic mass is 32.2. The van der Waals surface area contributed by atoms with Gasteiger partial charge in [-0.2, -0.15) is 8.78 Å². The quantitative estimate of drug-likeness (QED) is 0.344. The van der Waals surface area contributed by atoms with E-state index in [0.29, 0.717) is 11.3 Å². The third-order valence-corrected chi connectivity index (χ3v) is 7.64. The Morgan fingerprint density at radius 1 is 0.944 bits per heavy atom. The molecule has 4 aromatic rings. The number of hydrogen-bond acceptors (Lipinski definition) is 9. The molecule has 5 rings (SSSR count). The molecule has 36 heavy (non-hydrogen) atoms. The Morgan fingerprint density at radius 3 is 2.22 bits per heavy atom. The van der Waals surface area contributed by atoms with Gasteiger partial charge in [0.05, 0.1) is 11.5 Å². The third-order valence-electron chi connectivity index (χ3n) is 6.03. The van der Waals surface area contributed by atoms with E-state index in [2.05, 4.69) is 10.2 Å². The highest BCUT2D eigenvalue weighted by Crippen LogP contribution is 2.33. The van der Waals surface area contributed by atoms with Crippen LogP contribution in [0.25, 0.3) is 11.5 Å². The molecule has 0 saturated carbocycles. The fourth-order valence-corrected chi connectivity index (χ4v) is 5.33. The zero-order chi connectivity index (χ0) is 25.4. The second-order valence-electron chi connectivity index (χ2n) is 8.36. The number of benzene rings is 2. The summed E-state index contributed by atoms with van der Waals surface area (Å²) >= 11 is 0. The summed E-state index contributed by atoms with van der Waals surface area (Å²) in [4.78, 5) is 28.7. The molecule has 0 aliphatic carbocycles. The maximum absolute atomic E-state index is 12.8. The second-order valence-corrected chi connectivity index (χ2v) is 10.7. The molecule has 1 aliphatic heterocycles. The van der Waals surface area contributed by atoms with Crippen LogP contribution in [0.5, 0.6) is 0 Å². The Morgan fingerprint density at radius 2 is 1.61 bits per heavy atom. The van der Waals surface area contributed by atoms with Gasteiger partial charge in [-0.15, -0.1) is 10.2 Å². The van der Waals surface area contributed by atoms with Crippen molar-refractivity contribution in [2.75, 3.05) is 34.4 Å². The van der Waals surface area contributed by atoms with Crippen LogP contribution in [0.1, 0.15) is 17.9 Å². The van der Waals surface area contributed by atoms with E-state index in [1.54, 1.807) is 58.3 Å². The Kier molecular flexibility index (Phi) is 6.12. The van der Waals surface area contributed by atoms with Crippen LogP contribution >= 0.6 is 0 Å². The number of sulfone groups is 1. The number of aromatic nitrogens is 2. The van der Waals surface area contributed by atoms with E-state index < -0.39 is 33.0 Å². The molecule has 0 spiro atoms. The molecule has 0 bridgehead atoms. The minimum Gasteiger partial charge on any atom is -0.415 e. The first-order valence-electron chi connectivity index (χ1n) is 11.1. The van der Waals surface area contributed by atoms with Gasteiger partial charge >= 0.3 is 6.43 Å². The molecule has 0 unspecified atom stereocenters. The molecule has 2 heterocycles. The minimum absolute atomic E-state index is 0.0402. The van der Waals surface area contributed by atoms with Crippen LogP contribution in [-0.2, 0) is 16.4 Å². The number of halogens is 2. The molecule has 9 nitrogen and oxygen atoms in total. The lowest BCUT2D eigenvalue weighted by molar-refractivity contribution is 0.116. The molecule has 1 aliphatic rings. The van der Waals surface area contributed by atoms with Crippen molar-refractivity contribution >= 4 is 26.9 Å². The van der Waals surface area contributed by atoms with Crippen LogP contribution in [0.4, 0.5) is 25.8 Å². The minimum atomic E-state index is -3.17. The highest BCUT2D eigenvalue weighted by Gasteiger charge is 2.33. The van der Waals surface area contributed by atoms with E-state index in [0.717, 1.165) is 5.56 Å². The van der Waals surface area contributed by atoms with Gasteiger partial charge in [0.25, 0.3) is 16.7 Å². The topological polar surface area (TPSA) is 114 Å². The van der Waals surface area contributed by atoms with Gasteiger partial charge in [-0.1, -0.05) is 30.3 Å². The predicted octanol–water partition coefficient (Wildman–Crippen LogP) is 2.84. The molecule has 1 aromatic heterocycles. The summed E-state index contributed by atoms with van der Waals surface area (Å²) in [5, 5.41) is 6.97. The summed E-state index contributed by atoms with van der Waals surface area (Å²) in [7, 11) is -3.17. The van der Waals surface area contributed by atoms with Crippen LogP contribution in [0.2, 0.25) is 0 Å². The monoisotopic (exact) mass is 514 g/mol. The zero-order valence-electron chi connectivity index (χ0n) is 18.8. The number of rotatable bonds is 7. The number of anilines is 3. The molecule has 1 saturated heterocycles. The summed E-state index contributed by atoms with van der Waals surface area (Å²) in [5.41, 5.74) is 1.06. The molecule has 0 N–H and O–H groups in total. The smallest absolute Gasteiger partial charge is 0.314 e. The first kappa shape index (κ1) is 23.8. The van der Waals surface area contributed by atoms with Crippen molar-refractivity contribution in [1.29, 1.82) is 0 Å². The van der Waals surface area contributed by atoms with Crippen LogP contribution in [0, 0.1) is 0 Å². The van der Waals surface area contributed by atoms with Crippen LogP contribution in [0.15, 0.2) is 68.6 Å². The van der Waals surface area contributed by atoms with E-state index in [4.69, 9.17) is 4.42 Å². The number of alkyl halides is 2. The molecule has 1 fully saturated rings. The van der Waals surface area contributed by atoms with E-state index in [1.165, 1.54) is 0 Å². The normalized spacial score (nSPS) is 15.5. The molecule has 0 radical (unpaired) electrons. The number of hydrogen-bond donors (Lipinski definition) is 0. The van der Waals surface area contributed by atoms with Crippen LogP contribution in [-0.4, -0.2) is 43.2 Å². The highest BCUT2D eigenvalue weighted by molar-refractivity contribution is 7.91. The maximum atomic E-state index is 12.8. The lowest BCUT2D eigenvalue weighted by atomic mass is 10.1. The zero-order valence-corrected chi connectivity index (χ0v) is 19.6. The predicted molar refractivity (Wildman–Crippen MR) is 129 cm³/mol. The molecular weight excluding hydrogens is 494 g/mol. The van der Waals surface area contributed by atoms with E-state index in [1.807, 2.05) is 6.07 Å². The molecule has 3 aromatic carbocycles. The molecule has 0 atom stereocenters. The number of nitrogens with zero attached hydrogens (tertiary/aromatic N) is 4. The second kappa shape index (κ2) is 9.26. The van der Waals surface area contributed by atoms with Crippen LogP contribution < -0.4 is 20.7 Å². The standard InChI is InChI=1S/C24H20F2N4O5S/c25-22(26)24-28-27-23(35-24)16-8-6-15(7-9-16)14-30(17-4-2-1-3-5-17)19-18(20(31)21(19)32)29-10-12-36(33,34)13-11-29/h1-9,22H,10-14H2. The van der Waals surface area contributed by atoms with Gasteiger partial charge in [-0.05, 0) is 29.8 Å². The lowest BCUT2D eigenvalue weighted by Gasteiger charge is -2.34. The van der Waals surface area contributed by atoms with Crippen molar-refractivity contribution in [3.63, 3.8) is 0 Å². The van der Waals surface area contributed by atoms with E-state index in [9.17, 15) is 26.8 Å². The number of para-hydroxylation sites is 1. The first-order valence-corrected chi connectivity index (χ1v) is 12.9. The van der Waals surface area contributed by atoms with Gasteiger partial charge in [-0.25, -0.2) is 8.42 Å². The average molecular weight is 515 g/mol. The first-order chi connectivity index (χ1) is 17.2. The Labute approximate surface area is 204 Å². The summed E-state index contributed by atoms with van der Waals surface area (Å²) in [6.45, 7) is 0.505. The Balaban J connectivity index is 1.46. The molecule has 186 valence electrons. The van der Waals surface area contributed by atoms with Gasteiger partial charge in [0.2, 0.25) is 5.89 Å². The lowest BCUT2D eigenvalue weighted by Crippen LogP contribution is -2.49. The Bertz CT molecular complexity index is 1550. The molecule has 0 amide bonds.